The highest BCUT2D eigenvalue weighted by Gasteiger charge is 2.05. The van der Waals surface area contributed by atoms with Gasteiger partial charge in [0.15, 0.2) is 0 Å². The molecule has 54 valence electrons. The molecule has 0 heterocycles. The first-order chi connectivity index (χ1) is 4.18. The average molecular weight is 135 g/mol. The van der Waals surface area contributed by atoms with Gasteiger partial charge in [0.1, 0.15) is 12.8 Å². The molecule has 9 heavy (non-hydrogen) atoms. The minimum atomic E-state index is -1.04. The SMILES string of the molecule is C[C@H](O)C(=O)NCCF. The lowest BCUT2D eigenvalue weighted by atomic mass is 10.4. The van der Waals surface area contributed by atoms with Crippen LogP contribution in [0.3, 0.4) is 0 Å². The Bertz CT molecular complexity index is 95.0. The van der Waals surface area contributed by atoms with Gasteiger partial charge in [-0.05, 0) is 6.92 Å². The van der Waals surface area contributed by atoms with Gasteiger partial charge in [-0.15, -0.1) is 0 Å². The van der Waals surface area contributed by atoms with Crippen molar-refractivity contribution in [1.29, 1.82) is 0 Å². The number of hydrogen-bond donors (Lipinski definition) is 2. The second-order valence-electron chi connectivity index (χ2n) is 1.66. The van der Waals surface area contributed by atoms with Crippen molar-refractivity contribution in [2.24, 2.45) is 0 Å². The van der Waals surface area contributed by atoms with E-state index in [9.17, 15) is 9.18 Å². The molecule has 0 aliphatic carbocycles. The molecule has 2 N–H and O–H groups in total. The summed E-state index contributed by atoms with van der Waals surface area (Å²) < 4.78 is 11.3. The van der Waals surface area contributed by atoms with Gasteiger partial charge in [-0.1, -0.05) is 0 Å². The van der Waals surface area contributed by atoms with E-state index in [1.54, 1.807) is 0 Å². The summed E-state index contributed by atoms with van der Waals surface area (Å²) >= 11 is 0. The molecule has 0 aromatic carbocycles. The highest BCUT2D eigenvalue weighted by atomic mass is 19.1. The molecule has 4 heteroatoms. The van der Waals surface area contributed by atoms with Crippen LogP contribution in [0.2, 0.25) is 0 Å². The zero-order valence-electron chi connectivity index (χ0n) is 5.22. The second-order valence-corrected chi connectivity index (χ2v) is 1.66. The number of carbonyl (C=O) groups excluding carboxylic acids is 1. The fourth-order valence-electron chi connectivity index (χ4n) is 0.318. The van der Waals surface area contributed by atoms with Crippen molar-refractivity contribution < 1.29 is 14.3 Å². The van der Waals surface area contributed by atoms with Gasteiger partial charge in [0.2, 0.25) is 5.91 Å². The fraction of sp³-hybridized carbons (Fsp3) is 0.800. The van der Waals surface area contributed by atoms with E-state index in [0.717, 1.165) is 0 Å². The predicted octanol–water partition coefficient (Wildman–Crippen LogP) is -0.547. The molecule has 0 aliphatic heterocycles. The Kier molecular flexibility index (Phi) is 3.96. The van der Waals surface area contributed by atoms with Crippen molar-refractivity contribution in [3.05, 3.63) is 0 Å². The van der Waals surface area contributed by atoms with Crippen LogP contribution in [0.1, 0.15) is 6.92 Å². The van der Waals surface area contributed by atoms with Crippen molar-refractivity contribution >= 4 is 5.91 Å². The Morgan fingerprint density at radius 2 is 2.44 bits per heavy atom. The Morgan fingerprint density at radius 1 is 1.89 bits per heavy atom. The van der Waals surface area contributed by atoms with Crippen molar-refractivity contribution in [2.75, 3.05) is 13.2 Å². The second kappa shape index (κ2) is 4.26. The number of aliphatic hydroxyl groups is 1. The first-order valence-electron chi connectivity index (χ1n) is 2.70. The Morgan fingerprint density at radius 3 is 2.78 bits per heavy atom. The van der Waals surface area contributed by atoms with Crippen molar-refractivity contribution in [2.45, 2.75) is 13.0 Å². The van der Waals surface area contributed by atoms with Crippen LogP contribution in [0.4, 0.5) is 4.39 Å². The van der Waals surface area contributed by atoms with E-state index in [1.165, 1.54) is 6.92 Å². The third kappa shape index (κ3) is 3.90. The van der Waals surface area contributed by atoms with Crippen LogP contribution >= 0.6 is 0 Å². The molecule has 0 fully saturated rings. The topological polar surface area (TPSA) is 49.3 Å². The fourth-order valence-corrected chi connectivity index (χ4v) is 0.318. The van der Waals surface area contributed by atoms with E-state index in [2.05, 4.69) is 5.32 Å². The van der Waals surface area contributed by atoms with Crippen molar-refractivity contribution in [1.82, 2.24) is 5.32 Å². The molecule has 0 bridgehead atoms. The number of nitrogens with one attached hydrogen (secondary N) is 1. The Balaban J connectivity index is 3.28. The van der Waals surface area contributed by atoms with Crippen LogP contribution in [-0.2, 0) is 4.79 Å². The zero-order chi connectivity index (χ0) is 7.28. The number of amides is 1. The predicted molar refractivity (Wildman–Crippen MR) is 30.7 cm³/mol. The number of carbonyl (C=O) groups is 1. The number of hydrogen-bond acceptors (Lipinski definition) is 2. The normalized spacial score (nSPS) is 12.8. The smallest absolute Gasteiger partial charge is 0.248 e. The zero-order valence-corrected chi connectivity index (χ0v) is 5.22. The third-order valence-electron chi connectivity index (χ3n) is 0.773. The monoisotopic (exact) mass is 135 g/mol. The number of rotatable bonds is 3. The molecule has 0 radical (unpaired) electrons. The molecule has 0 unspecified atom stereocenters. The van der Waals surface area contributed by atoms with Crippen LogP contribution in [0.5, 0.6) is 0 Å². The van der Waals surface area contributed by atoms with Gasteiger partial charge in [0.05, 0.1) is 0 Å². The van der Waals surface area contributed by atoms with Crippen LogP contribution in [0.15, 0.2) is 0 Å². The molecule has 0 aromatic rings. The van der Waals surface area contributed by atoms with Crippen molar-refractivity contribution in [3.63, 3.8) is 0 Å². The molecule has 1 amide bonds. The maximum atomic E-state index is 11.3. The molecule has 0 saturated heterocycles. The summed E-state index contributed by atoms with van der Waals surface area (Å²) in [7, 11) is 0. The van der Waals surface area contributed by atoms with Crippen LogP contribution in [-0.4, -0.2) is 30.3 Å². The van der Waals surface area contributed by atoms with E-state index in [1.807, 2.05) is 0 Å². The molecule has 0 aliphatic rings. The van der Waals surface area contributed by atoms with E-state index in [4.69, 9.17) is 5.11 Å². The van der Waals surface area contributed by atoms with Gasteiger partial charge in [-0.3, -0.25) is 4.79 Å². The standard InChI is InChI=1S/C5H10FNO2/c1-4(8)5(9)7-3-2-6/h4,8H,2-3H2,1H3,(H,7,9)/t4-/m0/s1. The highest BCUT2D eigenvalue weighted by Crippen LogP contribution is 1.77. The molecule has 0 spiro atoms. The third-order valence-corrected chi connectivity index (χ3v) is 0.773. The summed E-state index contributed by atoms with van der Waals surface area (Å²) in [6.07, 6.45) is -1.04. The van der Waals surface area contributed by atoms with Crippen LogP contribution < -0.4 is 5.32 Å². The summed E-state index contributed by atoms with van der Waals surface area (Å²) in [4.78, 5) is 10.4. The first-order valence-corrected chi connectivity index (χ1v) is 2.70. The van der Waals surface area contributed by atoms with E-state index >= 15 is 0 Å². The largest absolute Gasteiger partial charge is 0.384 e. The van der Waals surface area contributed by atoms with E-state index < -0.39 is 18.7 Å². The lowest BCUT2D eigenvalue weighted by Gasteiger charge is -2.02. The molecule has 1 atom stereocenters. The first kappa shape index (κ1) is 8.36. The lowest BCUT2D eigenvalue weighted by Crippen LogP contribution is -2.33. The minimum absolute atomic E-state index is 0.0241. The van der Waals surface area contributed by atoms with E-state index in [-0.39, 0.29) is 6.54 Å². The summed E-state index contributed by atoms with van der Waals surface area (Å²) in [5.74, 6) is -0.535. The summed E-state index contributed by atoms with van der Waals surface area (Å²) in [6, 6.07) is 0. The minimum Gasteiger partial charge on any atom is -0.384 e. The molecular formula is C5H10FNO2. The summed E-state index contributed by atoms with van der Waals surface area (Å²) in [5, 5.41) is 10.7. The number of halogens is 1. The average Bonchev–Trinajstić information content (AvgIpc) is 1.82. The van der Waals surface area contributed by atoms with Gasteiger partial charge in [-0.2, -0.15) is 0 Å². The highest BCUT2D eigenvalue weighted by molar-refractivity contribution is 5.79. The molecular weight excluding hydrogens is 125 g/mol. The van der Waals surface area contributed by atoms with Gasteiger partial charge in [0.25, 0.3) is 0 Å². The molecule has 3 nitrogen and oxygen atoms in total. The summed E-state index contributed by atoms with van der Waals surface area (Å²) in [5.41, 5.74) is 0. The maximum Gasteiger partial charge on any atom is 0.248 e. The maximum absolute atomic E-state index is 11.3. The van der Waals surface area contributed by atoms with Crippen LogP contribution in [0.25, 0.3) is 0 Å². The lowest BCUT2D eigenvalue weighted by molar-refractivity contribution is -0.128. The quantitative estimate of drug-likeness (QED) is 0.545. The van der Waals surface area contributed by atoms with E-state index in [0.29, 0.717) is 0 Å². The molecule has 0 saturated carbocycles. The van der Waals surface area contributed by atoms with Crippen LogP contribution in [0, 0.1) is 0 Å². The van der Waals surface area contributed by atoms with Crippen molar-refractivity contribution in [3.8, 4) is 0 Å². The summed E-state index contributed by atoms with van der Waals surface area (Å²) in [6.45, 7) is 0.704. The number of alkyl halides is 1. The van der Waals surface area contributed by atoms with Gasteiger partial charge in [-0.25, -0.2) is 4.39 Å². The molecule has 0 rings (SSSR count). The Hall–Kier alpha value is -0.640. The van der Waals surface area contributed by atoms with Gasteiger partial charge < -0.3 is 10.4 Å². The van der Waals surface area contributed by atoms with Gasteiger partial charge >= 0.3 is 0 Å². The Labute approximate surface area is 52.9 Å². The number of aliphatic hydroxyl groups excluding tert-OH is 1. The van der Waals surface area contributed by atoms with Gasteiger partial charge in [0, 0.05) is 6.54 Å². The molecule has 0 aromatic heterocycles.